The fourth-order valence-electron chi connectivity index (χ4n) is 2.26. The maximum absolute atomic E-state index is 3.67. The van der Waals surface area contributed by atoms with Gasteiger partial charge >= 0.3 is 0 Å². The van der Waals surface area contributed by atoms with Crippen molar-refractivity contribution in [2.45, 2.75) is 26.3 Å². The van der Waals surface area contributed by atoms with Gasteiger partial charge in [-0.15, -0.1) is 11.3 Å². The highest BCUT2D eigenvalue weighted by Crippen LogP contribution is 2.30. The van der Waals surface area contributed by atoms with Crippen molar-refractivity contribution in [1.29, 1.82) is 0 Å². The van der Waals surface area contributed by atoms with Gasteiger partial charge in [0.2, 0.25) is 0 Å². The number of hydrogen-bond acceptors (Lipinski definition) is 3. The molecule has 0 fully saturated rings. The van der Waals surface area contributed by atoms with Crippen LogP contribution in [-0.2, 0) is 0 Å². The first kappa shape index (κ1) is 15.1. The fourth-order valence-corrected chi connectivity index (χ4v) is 3.24. The fraction of sp³-hybridized carbons (Fsp3) is 0.412. The molecule has 3 heteroatoms. The van der Waals surface area contributed by atoms with Crippen LogP contribution in [-0.4, -0.2) is 20.6 Å². The highest BCUT2D eigenvalue weighted by Gasteiger charge is 2.15. The molecule has 1 atom stereocenters. The molecule has 0 spiro atoms. The van der Waals surface area contributed by atoms with E-state index in [9.17, 15) is 0 Å². The Morgan fingerprint density at radius 2 is 2.00 bits per heavy atom. The Hall–Kier alpha value is -1.32. The lowest BCUT2D eigenvalue weighted by Crippen LogP contribution is -2.22. The quantitative estimate of drug-likeness (QED) is 0.856. The third kappa shape index (κ3) is 3.62. The third-order valence-electron chi connectivity index (χ3n) is 3.36. The number of nitrogens with one attached hydrogen (secondary N) is 1. The molecule has 20 heavy (non-hydrogen) atoms. The van der Waals surface area contributed by atoms with E-state index < -0.39 is 0 Å². The van der Waals surface area contributed by atoms with Gasteiger partial charge < -0.3 is 10.2 Å². The molecule has 1 aromatic carbocycles. The smallest absolute Gasteiger partial charge is 0.0671 e. The molecule has 0 aliphatic rings. The summed E-state index contributed by atoms with van der Waals surface area (Å²) in [6.07, 6.45) is 1.15. The third-order valence-corrected chi connectivity index (χ3v) is 4.43. The molecule has 0 radical (unpaired) electrons. The minimum Gasteiger partial charge on any atom is -0.378 e. The highest BCUT2D eigenvalue weighted by atomic mass is 32.1. The Balaban J connectivity index is 2.33. The standard InChI is InChI=1S/C17H24N2S/c1-5-11-18-17(16-10-9-13(2)20-16)14-7-6-8-15(12-14)19(3)4/h6-10,12,17-18H,5,11H2,1-4H3. The molecular weight excluding hydrogens is 264 g/mol. The molecule has 0 amide bonds. The number of thiophene rings is 1. The lowest BCUT2D eigenvalue weighted by molar-refractivity contribution is 0.606. The maximum Gasteiger partial charge on any atom is 0.0671 e. The molecule has 1 unspecified atom stereocenters. The number of benzene rings is 1. The van der Waals surface area contributed by atoms with Crippen LogP contribution in [0.5, 0.6) is 0 Å². The molecule has 2 nitrogen and oxygen atoms in total. The number of anilines is 1. The van der Waals surface area contributed by atoms with Gasteiger partial charge in [-0.2, -0.15) is 0 Å². The van der Waals surface area contributed by atoms with Gasteiger partial charge in [-0.05, 0) is 49.7 Å². The molecule has 108 valence electrons. The van der Waals surface area contributed by atoms with Crippen molar-refractivity contribution in [3.63, 3.8) is 0 Å². The van der Waals surface area contributed by atoms with Crippen LogP contribution >= 0.6 is 11.3 Å². The van der Waals surface area contributed by atoms with Crippen molar-refractivity contribution in [2.24, 2.45) is 0 Å². The summed E-state index contributed by atoms with van der Waals surface area (Å²) < 4.78 is 0. The van der Waals surface area contributed by atoms with Crippen molar-refractivity contribution in [2.75, 3.05) is 25.5 Å². The van der Waals surface area contributed by atoms with Gasteiger partial charge in [0.25, 0.3) is 0 Å². The zero-order valence-corrected chi connectivity index (χ0v) is 13.6. The Kier molecular flexibility index (Phi) is 5.21. The summed E-state index contributed by atoms with van der Waals surface area (Å²) in [5.74, 6) is 0. The molecule has 0 bridgehead atoms. The largest absolute Gasteiger partial charge is 0.378 e. The molecule has 1 N–H and O–H groups in total. The van der Waals surface area contributed by atoms with E-state index in [4.69, 9.17) is 0 Å². The monoisotopic (exact) mass is 288 g/mol. The molecule has 0 aliphatic heterocycles. The summed E-state index contributed by atoms with van der Waals surface area (Å²) in [5.41, 5.74) is 2.59. The van der Waals surface area contributed by atoms with E-state index in [1.54, 1.807) is 0 Å². The van der Waals surface area contributed by atoms with E-state index in [1.807, 2.05) is 11.3 Å². The predicted octanol–water partition coefficient (Wildman–Crippen LogP) is 4.21. The van der Waals surface area contributed by atoms with Crippen LogP contribution in [0.1, 0.15) is 34.7 Å². The van der Waals surface area contributed by atoms with E-state index in [0.29, 0.717) is 6.04 Å². The number of nitrogens with zero attached hydrogens (tertiary/aromatic N) is 1. The van der Waals surface area contributed by atoms with Crippen molar-refractivity contribution < 1.29 is 0 Å². The zero-order valence-electron chi connectivity index (χ0n) is 12.8. The van der Waals surface area contributed by atoms with Crippen molar-refractivity contribution in [3.05, 3.63) is 51.7 Å². The van der Waals surface area contributed by atoms with Crippen LogP contribution in [0.15, 0.2) is 36.4 Å². The van der Waals surface area contributed by atoms with E-state index in [0.717, 1.165) is 13.0 Å². The normalized spacial score (nSPS) is 12.4. The lowest BCUT2D eigenvalue weighted by atomic mass is 10.0. The first-order valence-electron chi connectivity index (χ1n) is 7.19. The first-order chi connectivity index (χ1) is 9.61. The second-order valence-corrected chi connectivity index (χ2v) is 6.64. The first-order valence-corrected chi connectivity index (χ1v) is 8.00. The van der Waals surface area contributed by atoms with E-state index >= 15 is 0 Å². The molecule has 1 aromatic heterocycles. The number of hydrogen-bond donors (Lipinski definition) is 1. The number of aryl methyl sites for hydroxylation is 1. The van der Waals surface area contributed by atoms with Gasteiger partial charge in [-0.1, -0.05) is 19.1 Å². The molecule has 1 heterocycles. The molecule has 2 aromatic rings. The maximum atomic E-state index is 3.67. The van der Waals surface area contributed by atoms with Gasteiger partial charge in [0.15, 0.2) is 0 Å². The summed E-state index contributed by atoms with van der Waals surface area (Å²) in [6, 6.07) is 13.5. The lowest BCUT2D eigenvalue weighted by Gasteiger charge is -2.20. The molecule has 2 rings (SSSR count). The molecule has 0 saturated carbocycles. The van der Waals surface area contributed by atoms with Crippen LogP contribution < -0.4 is 10.2 Å². The second-order valence-electron chi connectivity index (χ2n) is 5.32. The van der Waals surface area contributed by atoms with Gasteiger partial charge in [-0.3, -0.25) is 0 Å². The minimum atomic E-state index is 0.300. The Labute approximate surface area is 126 Å². The van der Waals surface area contributed by atoms with Gasteiger partial charge in [-0.25, -0.2) is 0 Å². The van der Waals surface area contributed by atoms with Gasteiger partial charge in [0, 0.05) is 29.5 Å². The summed E-state index contributed by atoms with van der Waals surface area (Å²) in [5, 5.41) is 3.67. The van der Waals surface area contributed by atoms with Crippen LogP contribution in [0.3, 0.4) is 0 Å². The highest BCUT2D eigenvalue weighted by molar-refractivity contribution is 7.12. The van der Waals surface area contributed by atoms with Crippen LogP contribution in [0, 0.1) is 6.92 Å². The van der Waals surface area contributed by atoms with E-state index in [1.165, 1.54) is 21.0 Å². The topological polar surface area (TPSA) is 15.3 Å². The summed E-state index contributed by atoms with van der Waals surface area (Å²) >= 11 is 1.88. The molecular formula is C17H24N2S. The summed E-state index contributed by atoms with van der Waals surface area (Å²) in [6.45, 7) is 5.41. The summed E-state index contributed by atoms with van der Waals surface area (Å²) in [4.78, 5) is 4.92. The van der Waals surface area contributed by atoms with Gasteiger partial charge in [0.05, 0.1) is 6.04 Å². The van der Waals surface area contributed by atoms with Crippen molar-refractivity contribution in [1.82, 2.24) is 5.32 Å². The zero-order chi connectivity index (χ0) is 14.5. The van der Waals surface area contributed by atoms with Crippen molar-refractivity contribution >= 4 is 17.0 Å². The second kappa shape index (κ2) is 6.91. The molecule has 0 saturated heterocycles. The Bertz CT molecular complexity index is 545. The minimum absolute atomic E-state index is 0.300. The SMILES string of the molecule is CCCNC(c1cccc(N(C)C)c1)c1ccc(C)s1. The van der Waals surface area contributed by atoms with Crippen molar-refractivity contribution in [3.8, 4) is 0 Å². The average molecular weight is 288 g/mol. The number of rotatable bonds is 6. The Morgan fingerprint density at radius 3 is 2.60 bits per heavy atom. The summed E-state index contributed by atoms with van der Waals surface area (Å²) in [7, 11) is 4.17. The van der Waals surface area contributed by atoms with Gasteiger partial charge in [0.1, 0.15) is 0 Å². The van der Waals surface area contributed by atoms with Crippen LogP contribution in [0.25, 0.3) is 0 Å². The average Bonchev–Trinajstić information content (AvgIpc) is 2.86. The predicted molar refractivity (Wildman–Crippen MR) is 90.0 cm³/mol. The van der Waals surface area contributed by atoms with E-state index in [-0.39, 0.29) is 0 Å². The van der Waals surface area contributed by atoms with E-state index in [2.05, 4.69) is 74.6 Å². The van der Waals surface area contributed by atoms with Crippen LogP contribution in [0.4, 0.5) is 5.69 Å². The Morgan fingerprint density at radius 1 is 1.20 bits per heavy atom. The molecule has 0 aliphatic carbocycles. The van der Waals surface area contributed by atoms with Crippen LogP contribution in [0.2, 0.25) is 0 Å².